The minimum atomic E-state index is -0.0362. The van der Waals surface area contributed by atoms with Crippen molar-refractivity contribution in [3.8, 4) is 0 Å². The van der Waals surface area contributed by atoms with E-state index >= 15 is 0 Å². The summed E-state index contributed by atoms with van der Waals surface area (Å²) in [4.78, 5) is 23.1. The Bertz CT molecular complexity index is 690. The van der Waals surface area contributed by atoms with Crippen LogP contribution in [0.2, 0.25) is 0 Å². The normalized spacial score (nSPS) is 11.1. The Morgan fingerprint density at radius 3 is 0.811 bits per heavy atom. The molecular weight excluding hydrogens is 653 g/mol. The van der Waals surface area contributed by atoms with Crippen molar-refractivity contribution < 1.29 is 19.1 Å². The third-order valence-electron chi connectivity index (χ3n) is 10.6. The Labute approximate surface area is 334 Å². The standard InChI is InChI=1S/C32H64O2.C17H34O2/c1-3-5-7-9-11-13-15-17-19-21-23-25-27-29-31-34-32(33)30-28-26-24-22-20-18-16-14-12-10-8-6-4-2;1-4-5-6-7-8-9-10-11-12-13-14-15-17(18)19-16(2)3/h3-31H2,1-2H3;16H,4-15H2,1-3H3. The first kappa shape index (κ1) is 54.0. The van der Waals surface area contributed by atoms with Gasteiger partial charge in [-0.15, -0.1) is 0 Å². The summed E-state index contributed by atoms with van der Waals surface area (Å²) in [6.45, 7) is 11.3. The SMILES string of the molecule is CCCCCCCCCCCCCC(=O)OC(C)C.CCCCCCCCCCCCCCCCOC(=O)CCCCCCCCCCCCCCC. The van der Waals surface area contributed by atoms with Crippen molar-refractivity contribution in [1.29, 1.82) is 0 Å². The summed E-state index contributed by atoms with van der Waals surface area (Å²) in [5.41, 5.74) is 0. The molecule has 318 valence electrons. The molecule has 0 spiro atoms. The summed E-state index contributed by atoms with van der Waals surface area (Å²) < 4.78 is 10.5. The Kier molecular flexibility index (Phi) is 49.9. The van der Waals surface area contributed by atoms with Gasteiger partial charge in [0.05, 0.1) is 12.7 Å². The first-order valence-electron chi connectivity index (χ1n) is 24.3. The lowest BCUT2D eigenvalue weighted by Crippen LogP contribution is -2.10. The molecule has 0 aliphatic rings. The number of carbonyl (C=O) groups excluding carboxylic acids is 2. The van der Waals surface area contributed by atoms with Gasteiger partial charge in [0, 0.05) is 12.8 Å². The first-order chi connectivity index (χ1) is 26.0. The molecule has 4 nitrogen and oxygen atoms in total. The molecule has 0 bridgehead atoms. The first-order valence-corrected chi connectivity index (χ1v) is 24.3. The molecular formula is C49H98O4. The number of esters is 2. The molecule has 0 saturated carbocycles. The highest BCUT2D eigenvalue weighted by Crippen LogP contribution is 2.16. The predicted octanol–water partition coefficient (Wildman–Crippen LogP) is 17.1. The Balaban J connectivity index is 0. The van der Waals surface area contributed by atoms with Crippen LogP contribution in [0.25, 0.3) is 0 Å². The molecule has 0 heterocycles. The van der Waals surface area contributed by atoms with Gasteiger partial charge in [-0.2, -0.15) is 0 Å². The van der Waals surface area contributed by atoms with E-state index in [0.29, 0.717) is 19.4 Å². The minimum absolute atomic E-state index is 0.0257. The molecule has 53 heavy (non-hydrogen) atoms. The topological polar surface area (TPSA) is 52.6 Å². The molecule has 0 aliphatic carbocycles. The van der Waals surface area contributed by atoms with Gasteiger partial charge in [-0.1, -0.05) is 245 Å². The molecule has 0 fully saturated rings. The smallest absolute Gasteiger partial charge is 0.306 e. The van der Waals surface area contributed by atoms with Crippen LogP contribution < -0.4 is 0 Å². The number of carbonyl (C=O) groups is 2. The maximum absolute atomic E-state index is 11.9. The van der Waals surface area contributed by atoms with E-state index in [2.05, 4.69) is 20.8 Å². The summed E-state index contributed by atoms with van der Waals surface area (Å²) in [6.07, 6.45) is 52.2. The highest BCUT2D eigenvalue weighted by molar-refractivity contribution is 5.69. The van der Waals surface area contributed by atoms with Gasteiger partial charge in [-0.3, -0.25) is 9.59 Å². The van der Waals surface area contributed by atoms with E-state index in [1.807, 2.05) is 13.8 Å². The van der Waals surface area contributed by atoms with Crippen molar-refractivity contribution in [2.24, 2.45) is 0 Å². The van der Waals surface area contributed by atoms with E-state index in [0.717, 1.165) is 19.3 Å². The summed E-state index contributed by atoms with van der Waals surface area (Å²) >= 11 is 0. The fourth-order valence-electron chi connectivity index (χ4n) is 7.10. The summed E-state index contributed by atoms with van der Waals surface area (Å²) in [6, 6.07) is 0. The lowest BCUT2D eigenvalue weighted by atomic mass is 10.0. The molecule has 4 heteroatoms. The summed E-state index contributed by atoms with van der Waals surface area (Å²) in [7, 11) is 0. The lowest BCUT2D eigenvalue weighted by molar-refractivity contribution is -0.147. The van der Waals surface area contributed by atoms with E-state index in [9.17, 15) is 9.59 Å². The minimum Gasteiger partial charge on any atom is -0.466 e. The summed E-state index contributed by atoms with van der Waals surface area (Å²) in [5, 5.41) is 0. The quantitative estimate of drug-likeness (QED) is 0.0460. The maximum atomic E-state index is 11.9. The molecule has 0 aromatic rings. The van der Waals surface area contributed by atoms with E-state index in [1.165, 1.54) is 225 Å². The second-order valence-electron chi connectivity index (χ2n) is 16.6. The van der Waals surface area contributed by atoms with Crippen molar-refractivity contribution in [2.45, 2.75) is 298 Å². The molecule has 0 N–H and O–H groups in total. The Hall–Kier alpha value is -1.06. The van der Waals surface area contributed by atoms with Crippen LogP contribution >= 0.6 is 0 Å². The fraction of sp³-hybridized carbons (Fsp3) is 0.959. The second-order valence-corrected chi connectivity index (χ2v) is 16.6. The van der Waals surface area contributed by atoms with Gasteiger partial charge in [0.15, 0.2) is 0 Å². The fourth-order valence-corrected chi connectivity index (χ4v) is 7.10. The third-order valence-corrected chi connectivity index (χ3v) is 10.6. The second kappa shape index (κ2) is 49.0. The van der Waals surface area contributed by atoms with Gasteiger partial charge < -0.3 is 9.47 Å². The van der Waals surface area contributed by atoms with Gasteiger partial charge >= 0.3 is 11.9 Å². The summed E-state index contributed by atoms with van der Waals surface area (Å²) in [5.74, 6) is -0.0105. The average molecular weight is 751 g/mol. The van der Waals surface area contributed by atoms with Crippen LogP contribution in [0.15, 0.2) is 0 Å². The van der Waals surface area contributed by atoms with E-state index in [1.54, 1.807) is 0 Å². The van der Waals surface area contributed by atoms with Crippen LogP contribution in [-0.4, -0.2) is 24.6 Å². The van der Waals surface area contributed by atoms with Gasteiger partial charge in [0.25, 0.3) is 0 Å². The molecule has 0 saturated heterocycles. The number of ether oxygens (including phenoxy) is 2. The van der Waals surface area contributed by atoms with Crippen LogP contribution in [-0.2, 0) is 19.1 Å². The van der Waals surface area contributed by atoms with Crippen molar-refractivity contribution in [2.75, 3.05) is 6.61 Å². The van der Waals surface area contributed by atoms with Crippen LogP contribution in [0.1, 0.15) is 291 Å². The monoisotopic (exact) mass is 751 g/mol. The zero-order valence-corrected chi connectivity index (χ0v) is 37.2. The number of hydrogen-bond donors (Lipinski definition) is 0. The van der Waals surface area contributed by atoms with Crippen LogP contribution in [0.5, 0.6) is 0 Å². The van der Waals surface area contributed by atoms with Gasteiger partial charge in [-0.25, -0.2) is 0 Å². The maximum Gasteiger partial charge on any atom is 0.306 e. The van der Waals surface area contributed by atoms with E-state index < -0.39 is 0 Å². The number of rotatable bonds is 42. The largest absolute Gasteiger partial charge is 0.466 e. The number of unbranched alkanes of at least 4 members (excludes halogenated alkanes) is 35. The number of hydrogen-bond acceptors (Lipinski definition) is 4. The molecule has 0 rings (SSSR count). The highest BCUT2D eigenvalue weighted by Gasteiger charge is 2.05. The van der Waals surface area contributed by atoms with E-state index in [-0.39, 0.29) is 18.0 Å². The van der Waals surface area contributed by atoms with Crippen molar-refractivity contribution in [1.82, 2.24) is 0 Å². The average Bonchev–Trinajstić information content (AvgIpc) is 3.14. The van der Waals surface area contributed by atoms with Crippen molar-refractivity contribution in [3.05, 3.63) is 0 Å². The van der Waals surface area contributed by atoms with Crippen LogP contribution in [0, 0.1) is 0 Å². The van der Waals surface area contributed by atoms with Crippen LogP contribution in [0.4, 0.5) is 0 Å². The lowest BCUT2D eigenvalue weighted by Gasteiger charge is -2.07. The molecule has 0 amide bonds. The van der Waals surface area contributed by atoms with Crippen molar-refractivity contribution >= 4 is 11.9 Å². The molecule has 0 aromatic carbocycles. The third kappa shape index (κ3) is 53.1. The molecule has 0 radical (unpaired) electrons. The van der Waals surface area contributed by atoms with E-state index in [4.69, 9.17) is 9.47 Å². The van der Waals surface area contributed by atoms with Gasteiger partial charge in [0.2, 0.25) is 0 Å². The zero-order chi connectivity index (χ0) is 39.1. The molecule has 0 atom stereocenters. The van der Waals surface area contributed by atoms with Crippen LogP contribution in [0.3, 0.4) is 0 Å². The van der Waals surface area contributed by atoms with Crippen molar-refractivity contribution in [3.63, 3.8) is 0 Å². The van der Waals surface area contributed by atoms with Gasteiger partial charge in [-0.05, 0) is 33.1 Å². The molecule has 0 unspecified atom stereocenters. The molecule has 0 aliphatic heterocycles. The highest BCUT2D eigenvalue weighted by atomic mass is 16.5. The zero-order valence-electron chi connectivity index (χ0n) is 37.2. The Morgan fingerprint density at radius 2 is 0.547 bits per heavy atom. The van der Waals surface area contributed by atoms with Gasteiger partial charge in [0.1, 0.15) is 0 Å². The Morgan fingerprint density at radius 1 is 0.321 bits per heavy atom. The predicted molar refractivity (Wildman–Crippen MR) is 234 cm³/mol. The molecule has 0 aromatic heterocycles.